The molecule has 1 unspecified atom stereocenters. The fourth-order valence-corrected chi connectivity index (χ4v) is 5.09. The highest BCUT2D eigenvalue weighted by Gasteiger charge is 2.29. The Morgan fingerprint density at radius 1 is 1.12 bits per heavy atom. The molecule has 2 aromatic rings. The van der Waals surface area contributed by atoms with Gasteiger partial charge in [0.05, 0.1) is 4.90 Å². The lowest BCUT2D eigenvalue weighted by atomic mass is 10.0. The highest BCUT2D eigenvalue weighted by Crippen LogP contribution is 2.29. The quantitative estimate of drug-likeness (QED) is 0.663. The largest absolute Gasteiger partial charge is 0.351 e. The molecule has 3 rings (SSSR count). The minimum atomic E-state index is -3.97. The van der Waals surface area contributed by atoms with Crippen LogP contribution >= 0.6 is 0 Å². The second-order valence-electron chi connectivity index (χ2n) is 8.25. The standard InChI is InChI=1S/C23H28FN3O4S/c1-15(2)22(23(29)25-14-17-6-8-19(24)9-7-17)26-32(30,31)20-10-11-21-18(13-20)5-4-12-27(21)16(3)28/h6-11,13,15,22,26H,4-5,12,14H2,1-3H3,(H,25,29). The predicted octanol–water partition coefficient (Wildman–Crippen LogP) is 2.74. The van der Waals surface area contributed by atoms with Crippen molar-refractivity contribution in [3.63, 3.8) is 0 Å². The first-order valence-electron chi connectivity index (χ1n) is 10.5. The maximum Gasteiger partial charge on any atom is 0.241 e. The van der Waals surface area contributed by atoms with Gasteiger partial charge < -0.3 is 10.2 Å². The average Bonchev–Trinajstić information content (AvgIpc) is 2.75. The summed E-state index contributed by atoms with van der Waals surface area (Å²) >= 11 is 0. The molecule has 0 aromatic heterocycles. The predicted molar refractivity (Wildman–Crippen MR) is 120 cm³/mol. The molecule has 32 heavy (non-hydrogen) atoms. The van der Waals surface area contributed by atoms with Crippen LogP contribution in [0.25, 0.3) is 0 Å². The van der Waals surface area contributed by atoms with E-state index in [2.05, 4.69) is 10.0 Å². The van der Waals surface area contributed by atoms with Crippen LogP contribution in [0.15, 0.2) is 47.4 Å². The molecular formula is C23H28FN3O4S. The van der Waals surface area contributed by atoms with Crippen molar-refractivity contribution in [2.45, 2.75) is 51.1 Å². The van der Waals surface area contributed by atoms with Crippen molar-refractivity contribution in [3.05, 3.63) is 59.4 Å². The molecule has 0 spiro atoms. The lowest BCUT2D eigenvalue weighted by molar-refractivity contribution is -0.123. The minimum absolute atomic E-state index is 0.0543. The molecule has 7 nitrogen and oxygen atoms in total. The van der Waals surface area contributed by atoms with Gasteiger partial charge in [0.1, 0.15) is 11.9 Å². The molecular weight excluding hydrogens is 433 g/mol. The number of nitrogens with one attached hydrogen (secondary N) is 2. The molecule has 2 amide bonds. The van der Waals surface area contributed by atoms with E-state index in [4.69, 9.17) is 0 Å². The number of nitrogens with zero attached hydrogens (tertiary/aromatic N) is 1. The zero-order chi connectivity index (χ0) is 23.5. The Kier molecular flexibility index (Phi) is 7.30. The average molecular weight is 462 g/mol. The first-order valence-corrected chi connectivity index (χ1v) is 12.0. The van der Waals surface area contributed by atoms with E-state index in [0.29, 0.717) is 18.5 Å². The molecule has 0 fully saturated rings. The molecule has 1 atom stereocenters. The first kappa shape index (κ1) is 23.9. The summed E-state index contributed by atoms with van der Waals surface area (Å²) in [6.45, 7) is 5.75. The number of carbonyl (C=O) groups is 2. The third kappa shape index (κ3) is 5.52. The number of carbonyl (C=O) groups excluding carboxylic acids is 2. The number of hydrogen-bond acceptors (Lipinski definition) is 4. The van der Waals surface area contributed by atoms with Gasteiger partial charge in [0, 0.05) is 25.7 Å². The van der Waals surface area contributed by atoms with Gasteiger partial charge in [-0.3, -0.25) is 9.59 Å². The number of aryl methyl sites for hydroxylation is 1. The lowest BCUT2D eigenvalue weighted by Gasteiger charge is -2.29. The first-order chi connectivity index (χ1) is 15.1. The van der Waals surface area contributed by atoms with E-state index in [1.54, 1.807) is 43.0 Å². The van der Waals surface area contributed by atoms with Gasteiger partial charge in [0.2, 0.25) is 21.8 Å². The van der Waals surface area contributed by atoms with E-state index in [-0.39, 0.29) is 29.1 Å². The summed E-state index contributed by atoms with van der Waals surface area (Å²) in [5.41, 5.74) is 2.21. The van der Waals surface area contributed by atoms with Gasteiger partial charge in [-0.1, -0.05) is 26.0 Å². The van der Waals surface area contributed by atoms with Gasteiger partial charge in [-0.25, -0.2) is 12.8 Å². The lowest BCUT2D eigenvalue weighted by Crippen LogP contribution is -2.49. The summed E-state index contributed by atoms with van der Waals surface area (Å²) in [6, 6.07) is 9.40. The Labute approximate surface area is 188 Å². The highest BCUT2D eigenvalue weighted by atomic mass is 32.2. The van der Waals surface area contributed by atoms with Crippen LogP contribution in [0.2, 0.25) is 0 Å². The van der Waals surface area contributed by atoms with Crippen molar-refractivity contribution in [1.29, 1.82) is 0 Å². The minimum Gasteiger partial charge on any atom is -0.351 e. The Balaban J connectivity index is 1.75. The van der Waals surface area contributed by atoms with Crippen LogP contribution in [0.4, 0.5) is 10.1 Å². The summed E-state index contributed by atoms with van der Waals surface area (Å²) in [4.78, 5) is 26.3. The van der Waals surface area contributed by atoms with Crippen molar-refractivity contribution in [2.75, 3.05) is 11.4 Å². The summed E-state index contributed by atoms with van der Waals surface area (Å²) < 4.78 is 41.7. The molecule has 9 heteroatoms. The number of anilines is 1. The topological polar surface area (TPSA) is 95.6 Å². The van der Waals surface area contributed by atoms with E-state index in [1.165, 1.54) is 25.1 Å². The highest BCUT2D eigenvalue weighted by molar-refractivity contribution is 7.89. The van der Waals surface area contributed by atoms with Crippen molar-refractivity contribution >= 4 is 27.5 Å². The molecule has 0 saturated heterocycles. The molecule has 1 heterocycles. The van der Waals surface area contributed by atoms with Crippen molar-refractivity contribution < 1.29 is 22.4 Å². The summed E-state index contributed by atoms with van der Waals surface area (Å²) in [7, 11) is -3.97. The van der Waals surface area contributed by atoms with Gasteiger partial charge in [0.25, 0.3) is 0 Å². The van der Waals surface area contributed by atoms with Crippen LogP contribution in [0, 0.1) is 11.7 Å². The monoisotopic (exact) mass is 461 g/mol. The van der Waals surface area contributed by atoms with Crippen LogP contribution in [-0.4, -0.2) is 32.8 Å². The Hall–Kier alpha value is -2.78. The van der Waals surface area contributed by atoms with E-state index < -0.39 is 22.0 Å². The van der Waals surface area contributed by atoms with Crippen molar-refractivity contribution in [3.8, 4) is 0 Å². The molecule has 172 valence electrons. The smallest absolute Gasteiger partial charge is 0.241 e. The molecule has 0 aliphatic carbocycles. The SMILES string of the molecule is CC(=O)N1CCCc2cc(S(=O)(=O)NC(C(=O)NCc3ccc(F)cc3)C(C)C)ccc21. The van der Waals surface area contributed by atoms with Crippen LogP contribution in [0.5, 0.6) is 0 Å². The second kappa shape index (κ2) is 9.79. The fourth-order valence-electron chi connectivity index (χ4n) is 3.70. The van der Waals surface area contributed by atoms with Crippen LogP contribution < -0.4 is 14.9 Å². The van der Waals surface area contributed by atoms with Crippen LogP contribution in [-0.2, 0) is 32.6 Å². The summed E-state index contributed by atoms with van der Waals surface area (Å²) in [5, 5.41) is 2.71. The fraction of sp³-hybridized carbons (Fsp3) is 0.391. The number of sulfonamides is 1. The van der Waals surface area contributed by atoms with E-state index in [1.807, 2.05) is 0 Å². The van der Waals surface area contributed by atoms with E-state index in [0.717, 1.165) is 17.7 Å². The molecule has 0 radical (unpaired) electrons. The number of rotatable bonds is 7. The molecule has 1 aliphatic heterocycles. The third-order valence-corrected chi connectivity index (χ3v) is 6.91. The number of halogens is 1. The van der Waals surface area contributed by atoms with Gasteiger partial charge in [0.15, 0.2) is 0 Å². The Morgan fingerprint density at radius 3 is 2.44 bits per heavy atom. The molecule has 2 aromatic carbocycles. The van der Waals surface area contributed by atoms with Crippen LogP contribution in [0.3, 0.4) is 0 Å². The zero-order valence-corrected chi connectivity index (χ0v) is 19.2. The molecule has 2 N–H and O–H groups in total. The molecule has 1 aliphatic rings. The van der Waals surface area contributed by atoms with Gasteiger partial charge in [-0.05, 0) is 60.2 Å². The zero-order valence-electron chi connectivity index (χ0n) is 18.4. The third-order valence-electron chi connectivity index (χ3n) is 5.47. The second-order valence-corrected chi connectivity index (χ2v) is 9.97. The van der Waals surface area contributed by atoms with Crippen molar-refractivity contribution in [2.24, 2.45) is 5.92 Å². The Bertz CT molecular complexity index is 1100. The normalized spacial score (nSPS) is 14.7. The van der Waals surface area contributed by atoms with E-state index >= 15 is 0 Å². The Morgan fingerprint density at radius 2 is 1.81 bits per heavy atom. The van der Waals surface area contributed by atoms with Gasteiger partial charge in [-0.2, -0.15) is 4.72 Å². The van der Waals surface area contributed by atoms with E-state index in [9.17, 15) is 22.4 Å². The molecule has 0 bridgehead atoms. The number of benzene rings is 2. The summed E-state index contributed by atoms with van der Waals surface area (Å²) in [5.74, 6) is -1.22. The summed E-state index contributed by atoms with van der Waals surface area (Å²) in [6.07, 6.45) is 1.43. The van der Waals surface area contributed by atoms with Crippen molar-refractivity contribution in [1.82, 2.24) is 10.0 Å². The molecule has 0 saturated carbocycles. The maximum absolute atomic E-state index is 13.1. The number of amides is 2. The van der Waals surface area contributed by atoms with Gasteiger partial charge in [-0.15, -0.1) is 0 Å². The number of fused-ring (bicyclic) bond motifs is 1. The van der Waals surface area contributed by atoms with Crippen LogP contribution in [0.1, 0.15) is 38.3 Å². The van der Waals surface area contributed by atoms with Gasteiger partial charge >= 0.3 is 0 Å². The maximum atomic E-state index is 13.1. The number of hydrogen-bond donors (Lipinski definition) is 2.